The van der Waals surface area contributed by atoms with Crippen molar-refractivity contribution >= 4 is 11.4 Å². The molecule has 0 aliphatic rings. The minimum atomic E-state index is 0.114. The van der Waals surface area contributed by atoms with Gasteiger partial charge in [0.15, 0.2) is 0 Å². The van der Waals surface area contributed by atoms with Gasteiger partial charge < -0.3 is 15.8 Å². The Morgan fingerprint density at radius 2 is 2.15 bits per heavy atom. The molecular weight excluding hydrogens is 250 g/mol. The summed E-state index contributed by atoms with van der Waals surface area (Å²) in [6.07, 6.45) is 4.71. The minimum Gasteiger partial charge on any atom is -0.489 e. The van der Waals surface area contributed by atoms with Gasteiger partial charge in [-0.3, -0.25) is 4.98 Å². The van der Waals surface area contributed by atoms with Crippen LogP contribution < -0.4 is 15.8 Å². The number of hydrogen-bond donors (Lipinski definition) is 2. The lowest BCUT2D eigenvalue weighted by molar-refractivity contribution is 0.244. The molecule has 3 N–H and O–H groups in total. The average Bonchev–Trinajstić information content (AvgIpc) is 2.43. The Hall–Kier alpha value is -2.23. The maximum Gasteiger partial charge on any atom is 0.144 e. The Balaban J connectivity index is 1.93. The number of ether oxygens (including phenoxy) is 1. The summed E-state index contributed by atoms with van der Waals surface area (Å²) < 4.78 is 5.68. The number of rotatable bonds is 6. The topological polar surface area (TPSA) is 60.2 Å². The zero-order valence-electron chi connectivity index (χ0n) is 12.0. The van der Waals surface area contributed by atoms with Crippen LogP contribution in [0.4, 0.5) is 11.4 Å². The van der Waals surface area contributed by atoms with Crippen molar-refractivity contribution in [3.8, 4) is 5.75 Å². The van der Waals surface area contributed by atoms with Gasteiger partial charge in [0, 0.05) is 30.7 Å². The highest BCUT2D eigenvalue weighted by atomic mass is 16.5. The van der Waals surface area contributed by atoms with Gasteiger partial charge in [-0.05, 0) is 44.0 Å². The monoisotopic (exact) mass is 271 g/mol. The van der Waals surface area contributed by atoms with Crippen molar-refractivity contribution in [2.45, 2.75) is 26.4 Å². The number of nitrogens with one attached hydrogen (secondary N) is 1. The predicted octanol–water partition coefficient (Wildman–Crippen LogP) is 3.11. The molecule has 0 aliphatic heterocycles. The fraction of sp³-hybridized carbons (Fsp3) is 0.312. The number of anilines is 2. The van der Waals surface area contributed by atoms with Crippen molar-refractivity contribution in [2.75, 3.05) is 17.6 Å². The van der Waals surface area contributed by atoms with Gasteiger partial charge >= 0.3 is 0 Å². The first kappa shape index (κ1) is 14.2. The lowest BCUT2D eigenvalue weighted by atomic mass is 10.2. The highest BCUT2D eigenvalue weighted by Gasteiger charge is 2.04. The highest BCUT2D eigenvalue weighted by molar-refractivity contribution is 5.61. The number of pyridine rings is 1. The summed E-state index contributed by atoms with van der Waals surface area (Å²) in [6.45, 7) is 4.82. The van der Waals surface area contributed by atoms with E-state index < -0.39 is 0 Å². The molecule has 4 heteroatoms. The molecule has 0 unspecified atom stereocenters. The van der Waals surface area contributed by atoms with Crippen LogP contribution in [0, 0.1) is 0 Å². The van der Waals surface area contributed by atoms with E-state index in [2.05, 4.69) is 16.4 Å². The minimum absolute atomic E-state index is 0.114. The van der Waals surface area contributed by atoms with Crippen molar-refractivity contribution < 1.29 is 4.74 Å². The summed E-state index contributed by atoms with van der Waals surface area (Å²) in [5, 5.41) is 3.37. The summed E-state index contributed by atoms with van der Waals surface area (Å²) in [5.41, 5.74) is 8.79. The third kappa shape index (κ3) is 4.16. The molecule has 2 rings (SSSR count). The van der Waals surface area contributed by atoms with E-state index in [0.717, 1.165) is 24.4 Å². The number of nitrogens with two attached hydrogens (primary N) is 1. The molecule has 0 fully saturated rings. The molecule has 0 aliphatic carbocycles. The second-order valence-electron chi connectivity index (χ2n) is 4.96. The molecular formula is C16H21N3O. The Kier molecular flexibility index (Phi) is 4.82. The van der Waals surface area contributed by atoms with Crippen LogP contribution in [-0.4, -0.2) is 17.6 Å². The van der Waals surface area contributed by atoms with Gasteiger partial charge in [0.1, 0.15) is 5.75 Å². The van der Waals surface area contributed by atoms with Crippen LogP contribution in [0.2, 0.25) is 0 Å². The number of nitrogens with zero attached hydrogens (tertiary/aromatic N) is 1. The van der Waals surface area contributed by atoms with Gasteiger partial charge in [0.25, 0.3) is 0 Å². The van der Waals surface area contributed by atoms with Gasteiger partial charge in [-0.1, -0.05) is 6.07 Å². The van der Waals surface area contributed by atoms with E-state index in [1.807, 2.05) is 44.3 Å². The fourth-order valence-corrected chi connectivity index (χ4v) is 1.90. The Morgan fingerprint density at radius 1 is 1.30 bits per heavy atom. The largest absolute Gasteiger partial charge is 0.489 e. The second-order valence-corrected chi connectivity index (χ2v) is 4.96. The van der Waals surface area contributed by atoms with Crippen molar-refractivity contribution in [3.63, 3.8) is 0 Å². The van der Waals surface area contributed by atoms with Crippen molar-refractivity contribution in [2.24, 2.45) is 0 Å². The van der Waals surface area contributed by atoms with Crippen LogP contribution in [0.15, 0.2) is 42.7 Å². The number of benzene rings is 1. The molecule has 2 aromatic rings. The molecule has 0 atom stereocenters. The van der Waals surface area contributed by atoms with Crippen LogP contribution in [0.1, 0.15) is 19.4 Å². The number of nitrogen functional groups attached to an aromatic ring is 1. The Morgan fingerprint density at radius 3 is 2.85 bits per heavy atom. The van der Waals surface area contributed by atoms with Crippen LogP contribution >= 0.6 is 0 Å². The van der Waals surface area contributed by atoms with Crippen LogP contribution in [0.5, 0.6) is 5.75 Å². The standard InChI is InChI=1S/C16H21N3O/c1-12(2)20-16-10-14(5-6-15(16)17)19-9-7-13-4-3-8-18-11-13/h3-6,8,10-12,19H,7,9,17H2,1-2H3. The molecule has 0 saturated carbocycles. The second kappa shape index (κ2) is 6.80. The van der Waals surface area contributed by atoms with E-state index in [4.69, 9.17) is 10.5 Å². The van der Waals surface area contributed by atoms with E-state index in [0.29, 0.717) is 5.69 Å². The molecule has 0 saturated heterocycles. The van der Waals surface area contributed by atoms with Crippen LogP contribution in [0.3, 0.4) is 0 Å². The Labute approximate surface area is 120 Å². The summed E-state index contributed by atoms with van der Waals surface area (Å²) in [7, 11) is 0. The fourth-order valence-electron chi connectivity index (χ4n) is 1.90. The molecule has 0 amide bonds. The summed E-state index contributed by atoms with van der Waals surface area (Å²) in [5.74, 6) is 0.728. The van der Waals surface area contributed by atoms with E-state index in [1.54, 1.807) is 6.20 Å². The molecule has 4 nitrogen and oxygen atoms in total. The summed E-state index contributed by atoms with van der Waals surface area (Å²) >= 11 is 0. The van der Waals surface area contributed by atoms with E-state index in [9.17, 15) is 0 Å². The molecule has 1 aromatic carbocycles. The quantitative estimate of drug-likeness (QED) is 0.793. The number of hydrogen-bond acceptors (Lipinski definition) is 4. The predicted molar refractivity (Wildman–Crippen MR) is 83.0 cm³/mol. The third-order valence-electron chi connectivity index (χ3n) is 2.84. The van der Waals surface area contributed by atoms with Crippen molar-refractivity contribution in [3.05, 3.63) is 48.3 Å². The number of aromatic nitrogens is 1. The van der Waals surface area contributed by atoms with Crippen molar-refractivity contribution in [1.82, 2.24) is 4.98 Å². The normalized spacial score (nSPS) is 10.6. The maximum absolute atomic E-state index is 5.90. The van der Waals surface area contributed by atoms with Gasteiger partial charge in [0.05, 0.1) is 11.8 Å². The van der Waals surface area contributed by atoms with Gasteiger partial charge in [0.2, 0.25) is 0 Å². The first-order valence-corrected chi connectivity index (χ1v) is 6.84. The van der Waals surface area contributed by atoms with Crippen molar-refractivity contribution in [1.29, 1.82) is 0 Å². The van der Waals surface area contributed by atoms with E-state index in [1.165, 1.54) is 5.56 Å². The molecule has 0 bridgehead atoms. The molecule has 106 valence electrons. The molecule has 0 radical (unpaired) electrons. The van der Waals surface area contributed by atoms with Crippen LogP contribution in [0.25, 0.3) is 0 Å². The Bertz CT molecular complexity index is 541. The maximum atomic E-state index is 5.90. The van der Waals surface area contributed by atoms with Gasteiger partial charge in [-0.2, -0.15) is 0 Å². The van der Waals surface area contributed by atoms with Crippen LogP contribution in [-0.2, 0) is 6.42 Å². The van der Waals surface area contributed by atoms with E-state index >= 15 is 0 Å². The third-order valence-corrected chi connectivity index (χ3v) is 2.84. The lowest BCUT2D eigenvalue weighted by Gasteiger charge is -2.14. The van der Waals surface area contributed by atoms with Gasteiger partial charge in [-0.25, -0.2) is 0 Å². The smallest absolute Gasteiger partial charge is 0.144 e. The first-order chi connectivity index (χ1) is 9.65. The zero-order chi connectivity index (χ0) is 14.4. The molecule has 1 aromatic heterocycles. The first-order valence-electron chi connectivity index (χ1n) is 6.84. The van der Waals surface area contributed by atoms with Gasteiger partial charge in [-0.15, -0.1) is 0 Å². The summed E-state index contributed by atoms with van der Waals surface area (Å²) in [4.78, 5) is 4.10. The van der Waals surface area contributed by atoms with E-state index in [-0.39, 0.29) is 6.10 Å². The molecule has 20 heavy (non-hydrogen) atoms. The zero-order valence-corrected chi connectivity index (χ0v) is 12.0. The lowest BCUT2D eigenvalue weighted by Crippen LogP contribution is -2.09. The SMILES string of the molecule is CC(C)Oc1cc(NCCc2cccnc2)ccc1N. The molecule has 1 heterocycles. The summed E-state index contributed by atoms with van der Waals surface area (Å²) in [6, 6.07) is 9.80. The average molecular weight is 271 g/mol. The molecule has 0 spiro atoms. The highest BCUT2D eigenvalue weighted by Crippen LogP contribution is 2.26.